The SMILES string of the molecule is CC(=O)NS(=O)(=O)c1ccc(NC(=O)C(C)N2C(=O)c3ccccc3C2=O)cc1. The van der Waals surface area contributed by atoms with Gasteiger partial charge in [-0.05, 0) is 43.3 Å². The first-order chi connectivity index (χ1) is 13.6. The molecule has 0 saturated carbocycles. The Morgan fingerprint density at radius 3 is 1.93 bits per heavy atom. The van der Waals surface area contributed by atoms with Crippen LogP contribution < -0.4 is 10.0 Å². The molecule has 2 N–H and O–H groups in total. The summed E-state index contributed by atoms with van der Waals surface area (Å²) in [7, 11) is -3.99. The molecule has 1 atom stereocenters. The Bertz CT molecular complexity index is 1090. The predicted octanol–water partition coefficient (Wildman–Crippen LogP) is 1.13. The zero-order valence-electron chi connectivity index (χ0n) is 15.5. The van der Waals surface area contributed by atoms with Crippen LogP contribution in [0.2, 0.25) is 0 Å². The molecule has 0 radical (unpaired) electrons. The number of nitrogens with zero attached hydrogens (tertiary/aromatic N) is 1. The van der Waals surface area contributed by atoms with E-state index in [1.165, 1.54) is 43.3 Å². The molecule has 29 heavy (non-hydrogen) atoms. The molecule has 0 aliphatic carbocycles. The Hall–Kier alpha value is -3.53. The average molecular weight is 415 g/mol. The van der Waals surface area contributed by atoms with Crippen molar-refractivity contribution in [3.05, 3.63) is 59.7 Å². The number of benzene rings is 2. The lowest BCUT2D eigenvalue weighted by Crippen LogP contribution is -2.45. The van der Waals surface area contributed by atoms with Gasteiger partial charge in [0.2, 0.25) is 11.8 Å². The number of nitrogens with one attached hydrogen (secondary N) is 2. The Morgan fingerprint density at radius 1 is 0.931 bits per heavy atom. The number of hydrogen-bond donors (Lipinski definition) is 2. The summed E-state index contributed by atoms with van der Waals surface area (Å²) in [6.45, 7) is 2.50. The Balaban J connectivity index is 1.73. The van der Waals surface area contributed by atoms with Crippen LogP contribution in [0.1, 0.15) is 34.6 Å². The van der Waals surface area contributed by atoms with Crippen LogP contribution in [0.15, 0.2) is 53.4 Å². The average Bonchev–Trinajstić information content (AvgIpc) is 2.91. The molecule has 1 heterocycles. The van der Waals surface area contributed by atoms with Gasteiger partial charge in [0.1, 0.15) is 6.04 Å². The molecule has 2 aromatic rings. The summed E-state index contributed by atoms with van der Waals surface area (Å²) in [5.41, 5.74) is 0.745. The number of hydrogen-bond acceptors (Lipinski definition) is 6. The third-order valence-electron chi connectivity index (χ3n) is 4.30. The highest BCUT2D eigenvalue weighted by atomic mass is 32.2. The van der Waals surface area contributed by atoms with Crippen LogP contribution in [0, 0.1) is 0 Å². The van der Waals surface area contributed by atoms with Crippen LogP contribution in [0.3, 0.4) is 0 Å². The smallest absolute Gasteiger partial charge is 0.264 e. The summed E-state index contributed by atoms with van der Waals surface area (Å²) in [5.74, 6) is -2.44. The second kappa shape index (κ2) is 7.47. The summed E-state index contributed by atoms with van der Waals surface area (Å²) in [4.78, 5) is 49.2. The Labute approximate surface area is 166 Å². The van der Waals surface area contributed by atoms with Crippen LogP contribution in [0.4, 0.5) is 5.69 Å². The van der Waals surface area contributed by atoms with Crippen molar-refractivity contribution in [3.8, 4) is 0 Å². The second-order valence-electron chi connectivity index (χ2n) is 6.38. The monoisotopic (exact) mass is 415 g/mol. The minimum Gasteiger partial charge on any atom is -0.324 e. The van der Waals surface area contributed by atoms with E-state index >= 15 is 0 Å². The van der Waals surface area contributed by atoms with Gasteiger partial charge in [0.05, 0.1) is 16.0 Å². The van der Waals surface area contributed by atoms with E-state index in [0.717, 1.165) is 11.8 Å². The first-order valence-electron chi connectivity index (χ1n) is 8.53. The van der Waals surface area contributed by atoms with Gasteiger partial charge in [-0.3, -0.25) is 24.1 Å². The van der Waals surface area contributed by atoms with Gasteiger partial charge in [-0.15, -0.1) is 0 Å². The highest BCUT2D eigenvalue weighted by molar-refractivity contribution is 7.90. The quantitative estimate of drug-likeness (QED) is 0.705. The maximum Gasteiger partial charge on any atom is 0.264 e. The van der Waals surface area contributed by atoms with Crippen molar-refractivity contribution in [3.63, 3.8) is 0 Å². The molecular weight excluding hydrogens is 398 g/mol. The normalized spacial score (nSPS) is 14.3. The maximum atomic E-state index is 12.5. The lowest BCUT2D eigenvalue weighted by atomic mass is 10.1. The molecule has 0 aromatic heterocycles. The largest absolute Gasteiger partial charge is 0.324 e. The third-order valence-corrected chi connectivity index (χ3v) is 5.75. The zero-order valence-corrected chi connectivity index (χ0v) is 16.3. The minimum atomic E-state index is -3.99. The van der Waals surface area contributed by atoms with Gasteiger partial charge < -0.3 is 5.32 Å². The molecular formula is C19H17N3O6S. The molecule has 1 aliphatic heterocycles. The van der Waals surface area contributed by atoms with Crippen LogP contribution in [0.25, 0.3) is 0 Å². The zero-order chi connectivity index (χ0) is 21.3. The number of carbonyl (C=O) groups is 4. The highest BCUT2D eigenvalue weighted by Crippen LogP contribution is 2.25. The molecule has 9 nitrogen and oxygen atoms in total. The van der Waals surface area contributed by atoms with Gasteiger partial charge in [0.25, 0.3) is 21.8 Å². The van der Waals surface area contributed by atoms with Crippen molar-refractivity contribution < 1.29 is 27.6 Å². The highest BCUT2D eigenvalue weighted by Gasteiger charge is 2.40. The third kappa shape index (κ3) is 3.87. The van der Waals surface area contributed by atoms with Gasteiger partial charge in [-0.2, -0.15) is 0 Å². The van der Waals surface area contributed by atoms with Gasteiger partial charge in [0.15, 0.2) is 0 Å². The fourth-order valence-corrected chi connectivity index (χ4v) is 3.88. The molecule has 10 heteroatoms. The van der Waals surface area contributed by atoms with E-state index in [4.69, 9.17) is 0 Å². The van der Waals surface area contributed by atoms with E-state index in [1.54, 1.807) is 12.1 Å². The van der Waals surface area contributed by atoms with Crippen molar-refractivity contribution in [2.75, 3.05) is 5.32 Å². The molecule has 0 saturated heterocycles. The summed E-state index contributed by atoms with van der Waals surface area (Å²) in [5, 5.41) is 2.54. The number of fused-ring (bicyclic) bond motifs is 1. The topological polar surface area (TPSA) is 130 Å². The van der Waals surface area contributed by atoms with Gasteiger partial charge in [0, 0.05) is 12.6 Å². The van der Waals surface area contributed by atoms with Crippen molar-refractivity contribution in [1.29, 1.82) is 0 Å². The fraction of sp³-hybridized carbons (Fsp3) is 0.158. The second-order valence-corrected chi connectivity index (χ2v) is 8.06. The standard InChI is InChI=1S/C19H17N3O6S/c1-11(22-18(25)15-5-3-4-6-16(15)19(22)26)17(24)20-13-7-9-14(10-8-13)29(27,28)21-12(2)23/h3-11H,1-2H3,(H,20,24)(H,21,23). The number of imide groups is 1. The van der Waals surface area contributed by atoms with E-state index < -0.39 is 39.7 Å². The van der Waals surface area contributed by atoms with E-state index in [1.807, 2.05) is 4.72 Å². The number of anilines is 1. The molecule has 3 rings (SSSR count). The van der Waals surface area contributed by atoms with Gasteiger partial charge in [-0.1, -0.05) is 12.1 Å². The molecule has 4 amide bonds. The summed E-state index contributed by atoms with van der Waals surface area (Å²) >= 11 is 0. The Kier molecular flexibility index (Phi) is 5.21. The molecule has 0 spiro atoms. The Morgan fingerprint density at radius 2 is 1.45 bits per heavy atom. The first kappa shape index (κ1) is 20.2. The predicted molar refractivity (Wildman–Crippen MR) is 102 cm³/mol. The molecule has 2 aromatic carbocycles. The lowest BCUT2D eigenvalue weighted by molar-refractivity contribution is -0.119. The van der Waals surface area contributed by atoms with Gasteiger partial charge >= 0.3 is 0 Å². The molecule has 0 fully saturated rings. The lowest BCUT2D eigenvalue weighted by Gasteiger charge is -2.21. The molecule has 150 valence electrons. The molecule has 1 aliphatic rings. The van der Waals surface area contributed by atoms with Crippen molar-refractivity contribution in [2.24, 2.45) is 0 Å². The maximum absolute atomic E-state index is 12.5. The number of carbonyl (C=O) groups excluding carboxylic acids is 4. The summed E-state index contributed by atoms with van der Waals surface area (Å²) in [6.07, 6.45) is 0. The van der Waals surface area contributed by atoms with E-state index in [9.17, 15) is 27.6 Å². The number of rotatable bonds is 5. The summed E-state index contributed by atoms with van der Waals surface area (Å²) < 4.78 is 25.7. The first-order valence-corrected chi connectivity index (χ1v) is 10.0. The van der Waals surface area contributed by atoms with Crippen molar-refractivity contribution in [1.82, 2.24) is 9.62 Å². The molecule has 1 unspecified atom stereocenters. The number of amides is 4. The molecule has 0 bridgehead atoms. The van der Waals surface area contributed by atoms with Crippen LogP contribution in [0.5, 0.6) is 0 Å². The van der Waals surface area contributed by atoms with Crippen molar-refractivity contribution in [2.45, 2.75) is 24.8 Å². The summed E-state index contributed by atoms with van der Waals surface area (Å²) in [6, 6.07) is 10.3. The van der Waals surface area contributed by atoms with E-state index in [2.05, 4.69) is 5.32 Å². The van der Waals surface area contributed by atoms with Crippen LogP contribution >= 0.6 is 0 Å². The number of sulfonamides is 1. The van der Waals surface area contributed by atoms with E-state index in [0.29, 0.717) is 0 Å². The minimum absolute atomic E-state index is 0.154. The van der Waals surface area contributed by atoms with Gasteiger partial charge in [-0.25, -0.2) is 13.1 Å². The van der Waals surface area contributed by atoms with Crippen LogP contribution in [-0.4, -0.2) is 43.0 Å². The van der Waals surface area contributed by atoms with E-state index in [-0.39, 0.29) is 21.7 Å². The van der Waals surface area contributed by atoms with Crippen LogP contribution in [-0.2, 0) is 19.6 Å². The fourth-order valence-electron chi connectivity index (χ4n) is 2.89. The van der Waals surface area contributed by atoms with Crippen molar-refractivity contribution >= 4 is 39.3 Å².